The van der Waals surface area contributed by atoms with Gasteiger partial charge in [0.1, 0.15) is 11.6 Å². The molecule has 6 nitrogen and oxygen atoms in total. The molecule has 0 saturated carbocycles. The number of anilines is 1. The molecule has 1 N–H and O–H groups in total. The molecular weight excluding hydrogens is 366 g/mol. The average molecular weight is 385 g/mol. The number of ether oxygens (including phenoxy) is 1. The third kappa shape index (κ3) is 3.60. The molecule has 0 atom stereocenters. The number of benzene rings is 2. The molecule has 4 rings (SSSR count). The Balaban J connectivity index is 1.88. The maximum atomic E-state index is 13.1. The number of hydrogen-bond acceptors (Lipinski definition) is 4. The number of pyridine rings is 2. The number of nitrogens with zero attached hydrogens (tertiary/aromatic N) is 2. The Morgan fingerprint density at radius 2 is 1.83 bits per heavy atom. The Bertz CT molecular complexity index is 1280. The van der Waals surface area contributed by atoms with E-state index in [1.165, 1.54) is 4.57 Å². The molecule has 0 saturated heterocycles. The molecule has 0 bridgehead atoms. The van der Waals surface area contributed by atoms with Crippen molar-refractivity contribution in [3.63, 3.8) is 0 Å². The minimum absolute atomic E-state index is 0.209. The van der Waals surface area contributed by atoms with Crippen molar-refractivity contribution in [1.29, 1.82) is 0 Å². The van der Waals surface area contributed by atoms with E-state index in [0.29, 0.717) is 33.6 Å². The number of aryl methyl sites for hydroxylation is 1. The van der Waals surface area contributed by atoms with Crippen molar-refractivity contribution in [3.8, 4) is 11.4 Å². The summed E-state index contributed by atoms with van der Waals surface area (Å²) in [5, 5.41) is 3.87. The van der Waals surface area contributed by atoms with Crippen molar-refractivity contribution < 1.29 is 9.53 Å². The van der Waals surface area contributed by atoms with Crippen molar-refractivity contribution >= 4 is 22.5 Å². The summed E-state index contributed by atoms with van der Waals surface area (Å²) in [7, 11) is 1.57. The number of carbonyl (C=O) groups is 1. The van der Waals surface area contributed by atoms with Crippen LogP contribution in [0.2, 0.25) is 0 Å². The van der Waals surface area contributed by atoms with Crippen molar-refractivity contribution in [2.45, 2.75) is 6.92 Å². The normalized spacial score (nSPS) is 10.7. The van der Waals surface area contributed by atoms with Gasteiger partial charge < -0.3 is 10.1 Å². The Hall–Kier alpha value is -3.93. The first-order valence-electron chi connectivity index (χ1n) is 9.09. The second-order valence-electron chi connectivity index (χ2n) is 6.64. The number of hydrogen-bond donors (Lipinski definition) is 1. The summed E-state index contributed by atoms with van der Waals surface area (Å²) < 4.78 is 6.73. The van der Waals surface area contributed by atoms with Crippen LogP contribution in [0.5, 0.6) is 5.75 Å². The van der Waals surface area contributed by atoms with Crippen LogP contribution in [0.4, 0.5) is 5.82 Å². The number of nitrogens with one attached hydrogen (secondary N) is 1. The molecule has 0 aliphatic heterocycles. The minimum atomic E-state index is -0.337. The zero-order valence-corrected chi connectivity index (χ0v) is 16.0. The molecule has 2 heterocycles. The summed E-state index contributed by atoms with van der Waals surface area (Å²) in [6, 6.07) is 17.9. The summed E-state index contributed by atoms with van der Waals surface area (Å²) in [6.07, 6.45) is 3.20. The molecule has 4 aromatic rings. The van der Waals surface area contributed by atoms with E-state index in [-0.39, 0.29) is 11.5 Å². The minimum Gasteiger partial charge on any atom is -0.497 e. The molecular formula is C23H19N3O3. The van der Waals surface area contributed by atoms with Gasteiger partial charge in [-0.2, -0.15) is 0 Å². The van der Waals surface area contributed by atoms with E-state index in [0.717, 1.165) is 5.56 Å². The molecule has 0 spiro atoms. The van der Waals surface area contributed by atoms with E-state index < -0.39 is 0 Å². The van der Waals surface area contributed by atoms with Gasteiger partial charge in [0.15, 0.2) is 0 Å². The standard InChI is InChI=1S/C23H19N3O3/c1-15-10-11-24-21(12-15)25-22(27)20-14-26(16-6-5-7-17(13-16)29-2)23(28)19-9-4-3-8-18(19)20/h3-14H,1-2H3,(H,24,25,27). The molecule has 144 valence electrons. The van der Waals surface area contributed by atoms with Crippen LogP contribution in [-0.4, -0.2) is 22.6 Å². The fourth-order valence-corrected chi connectivity index (χ4v) is 3.21. The topological polar surface area (TPSA) is 73.2 Å². The van der Waals surface area contributed by atoms with Crippen LogP contribution in [0.1, 0.15) is 15.9 Å². The molecule has 2 aromatic carbocycles. The van der Waals surface area contributed by atoms with Gasteiger partial charge >= 0.3 is 0 Å². The van der Waals surface area contributed by atoms with E-state index in [4.69, 9.17) is 4.74 Å². The largest absolute Gasteiger partial charge is 0.497 e. The van der Waals surface area contributed by atoms with Crippen LogP contribution in [0.3, 0.4) is 0 Å². The number of aromatic nitrogens is 2. The maximum absolute atomic E-state index is 13.1. The number of rotatable bonds is 4. The van der Waals surface area contributed by atoms with Gasteiger partial charge in [-0.1, -0.05) is 24.3 Å². The van der Waals surface area contributed by atoms with Crippen molar-refractivity contribution in [2.24, 2.45) is 0 Å². The highest BCUT2D eigenvalue weighted by molar-refractivity contribution is 6.12. The van der Waals surface area contributed by atoms with Gasteiger partial charge in [-0.3, -0.25) is 14.2 Å². The fraction of sp³-hybridized carbons (Fsp3) is 0.0870. The lowest BCUT2D eigenvalue weighted by atomic mass is 10.1. The summed E-state index contributed by atoms with van der Waals surface area (Å²) in [4.78, 5) is 30.3. The van der Waals surface area contributed by atoms with Gasteiger partial charge in [-0.05, 0) is 42.8 Å². The summed E-state index contributed by atoms with van der Waals surface area (Å²) in [5.41, 5.74) is 1.77. The number of methoxy groups -OCH3 is 1. The quantitative estimate of drug-likeness (QED) is 0.577. The molecule has 0 aliphatic rings. The molecule has 29 heavy (non-hydrogen) atoms. The first kappa shape index (κ1) is 18.4. The van der Waals surface area contributed by atoms with E-state index in [2.05, 4.69) is 10.3 Å². The Kier molecular flexibility index (Phi) is 4.83. The van der Waals surface area contributed by atoms with E-state index in [1.54, 1.807) is 74.1 Å². The van der Waals surface area contributed by atoms with Crippen molar-refractivity contribution in [3.05, 3.63) is 94.5 Å². The third-order valence-corrected chi connectivity index (χ3v) is 4.66. The van der Waals surface area contributed by atoms with Crippen LogP contribution >= 0.6 is 0 Å². The lowest BCUT2D eigenvalue weighted by Gasteiger charge is -2.13. The SMILES string of the molecule is COc1cccc(-n2cc(C(=O)Nc3cc(C)ccn3)c3ccccc3c2=O)c1. The second-order valence-corrected chi connectivity index (χ2v) is 6.64. The summed E-state index contributed by atoms with van der Waals surface area (Å²) in [5.74, 6) is 0.742. The molecule has 2 aromatic heterocycles. The lowest BCUT2D eigenvalue weighted by Crippen LogP contribution is -2.23. The monoisotopic (exact) mass is 385 g/mol. The number of amides is 1. The molecule has 0 fully saturated rings. The van der Waals surface area contributed by atoms with Crippen LogP contribution in [0, 0.1) is 6.92 Å². The van der Waals surface area contributed by atoms with E-state index in [9.17, 15) is 9.59 Å². The zero-order valence-electron chi connectivity index (χ0n) is 16.0. The highest BCUT2D eigenvalue weighted by Crippen LogP contribution is 2.21. The summed E-state index contributed by atoms with van der Waals surface area (Å²) >= 11 is 0. The number of fused-ring (bicyclic) bond motifs is 1. The first-order valence-corrected chi connectivity index (χ1v) is 9.09. The van der Waals surface area contributed by atoms with Crippen LogP contribution < -0.4 is 15.6 Å². The zero-order chi connectivity index (χ0) is 20.4. The van der Waals surface area contributed by atoms with Gasteiger partial charge in [0, 0.05) is 29.2 Å². The molecule has 1 amide bonds. The molecule has 0 unspecified atom stereocenters. The summed E-state index contributed by atoms with van der Waals surface area (Å²) in [6.45, 7) is 1.93. The Morgan fingerprint density at radius 3 is 2.59 bits per heavy atom. The van der Waals surface area contributed by atoms with Gasteiger partial charge in [0.2, 0.25) is 0 Å². The van der Waals surface area contributed by atoms with Gasteiger partial charge in [-0.25, -0.2) is 4.98 Å². The molecule has 0 radical (unpaired) electrons. The van der Waals surface area contributed by atoms with Crippen LogP contribution in [0.25, 0.3) is 16.5 Å². The Morgan fingerprint density at radius 1 is 1.03 bits per heavy atom. The fourth-order valence-electron chi connectivity index (χ4n) is 3.21. The van der Waals surface area contributed by atoms with E-state index in [1.807, 2.05) is 13.0 Å². The van der Waals surface area contributed by atoms with E-state index >= 15 is 0 Å². The van der Waals surface area contributed by atoms with Crippen LogP contribution in [-0.2, 0) is 0 Å². The molecule has 6 heteroatoms. The van der Waals surface area contributed by atoms with Crippen LogP contribution in [0.15, 0.2) is 77.9 Å². The molecule has 0 aliphatic carbocycles. The lowest BCUT2D eigenvalue weighted by molar-refractivity contribution is 0.102. The highest BCUT2D eigenvalue weighted by Gasteiger charge is 2.16. The van der Waals surface area contributed by atoms with Crippen molar-refractivity contribution in [1.82, 2.24) is 9.55 Å². The highest BCUT2D eigenvalue weighted by atomic mass is 16.5. The van der Waals surface area contributed by atoms with Gasteiger partial charge in [0.05, 0.1) is 18.4 Å². The third-order valence-electron chi connectivity index (χ3n) is 4.66. The Labute approximate surface area is 167 Å². The predicted molar refractivity (Wildman–Crippen MR) is 113 cm³/mol. The smallest absolute Gasteiger partial charge is 0.262 e. The van der Waals surface area contributed by atoms with Gasteiger partial charge in [-0.15, -0.1) is 0 Å². The number of carbonyl (C=O) groups excluding carboxylic acids is 1. The average Bonchev–Trinajstić information content (AvgIpc) is 2.74. The maximum Gasteiger partial charge on any atom is 0.262 e. The second kappa shape index (κ2) is 7.59. The first-order chi connectivity index (χ1) is 14.1. The van der Waals surface area contributed by atoms with Crippen molar-refractivity contribution in [2.75, 3.05) is 12.4 Å². The van der Waals surface area contributed by atoms with Gasteiger partial charge in [0.25, 0.3) is 11.5 Å². The predicted octanol–water partition coefficient (Wildman–Crippen LogP) is 3.96.